The summed E-state index contributed by atoms with van der Waals surface area (Å²) in [5.74, 6) is -0.817. The van der Waals surface area contributed by atoms with Crippen molar-refractivity contribution < 1.29 is 21.9 Å². The summed E-state index contributed by atoms with van der Waals surface area (Å²) in [5.41, 5.74) is 0.157. The van der Waals surface area contributed by atoms with Gasteiger partial charge < -0.3 is 20.7 Å². The largest absolute Gasteiger partial charge is 0.487 e. The molecule has 2 aliphatic heterocycles. The highest BCUT2D eigenvalue weighted by Crippen LogP contribution is 2.31. The summed E-state index contributed by atoms with van der Waals surface area (Å²) in [6.45, 7) is 9.16. The lowest BCUT2D eigenvalue weighted by Gasteiger charge is -2.46. The van der Waals surface area contributed by atoms with E-state index in [-0.39, 0.29) is 40.7 Å². The topological polar surface area (TPSA) is 108 Å². The van der Waals surface area contributed by atoms with Gasteiger partial charge in [-0.2, -0.15) is 4.98 Å². The fourth-order valence-corrected chi connectivity index (χ4v) is 6.28. The van der Waals surface area contributed by atoms with Crippen molar-refractivity contribution in [1.29, 1.82) is 0 Å². The van der Waals surface area contributed by atoms with Crippen LogP contribution < -0.4 is 20.7 Å². The van der Waals surface area contributed by atoms with E-state index in [0.29, 0.717) is 31.6 Å². The molecule has 2 aliphatic rings. The van der Waals surface area contributed by atoms with Crippen LogP contribution in [0.1, 0.15) is 53.4 Å². The summed E-state index contributed by atoms with van der Waals surface area (Å²) in [4.78, 5) is 8.29. The Balaban J connectivity index is 1.39. The first kappa shape index (κ1) is 27.5. The number of nitrogens with zero attached hydrogens (tertiary/aromatic N) is 3. The molecule has 1 aromatic carbocycles. The van der Waals surface area contributed by atoms with Crippen LogP contribution >= 0.6 is 0 Å². The van der Waals surface area contributed by atoms with E-state index in [1.807, 2.05) is 0 Å². The fraction of sp³-hybridized carbons (Fsp3) is 0.600. The highest BCUT2D eigenvalue weighted by atomic mass is 32.2. The summed E-state index contributed by atoms with van der Waals surface area (Å²) in [6.07, 6.45) is 4.55. The van der Waals surface area contributed by atoms with E-state index in [9.17, 15) is 17.2 Å². The molecule has 0 saturated carbocycles. The molecule has 2 fully saturated rings. The zero-order valence-corrected chi connectivity index (χ0v) is 22.8. The third kappa shape index (κ3) is 7.26. The Morgan fingerprint density at radius 3 is 2.32 bits per heavy atom. The van der Waals surface area contributed by atoms with Crippen molar-refractivity contribution in [2.45, 2.75) is 76.6 Å². The predicted octanol–water partition coefficient (Wildman–Crippen LogP) is 4.02. The summed E-state index contributed by atoms with van der Waals surface area (Å²) < 4.78 is 59.8. The molecule has 0 amide bonds. The second-order valence-electron chi connectivity index (χ2n) is 11.3. The number of halogens is 2. The molecule has 204 valence electrons. The molecule has 0 aliphatic carbocycles. The molecule has 12 heteroatoms. The second kappa shape index (κ2) is 10.3. The first-order chi connectivity index (χ1) is 17.2. The van der Waals surface area contributed by atoms with Gasteiger partial charge in [-0.3, -0.25) is 0 Å². The van der Waals surface area contributed by atoms with Gasteiger partial charge in [0.25, 0.3) is 0 Å². The number of piperidine rings is 2. The maximum atomic E-state index is 14.8. The smallest absolute Gasteiger partial charge is 0.229 e. The van der Waals surface area contributed by atoms with E-state index in [1.165, 1.54) is 22.7 Å². The SMILES string of the molecule is CC1(C)CC(Nc2nc(Nc3ccc(OC4CCN(S(C)(=O)=O)CC4)c(F)c3)ncc2F)CC(C)(C)N1. The minimum Gasteiger partial charge on any atom is -0.487 e. The van der Waals surface area contributed by atoms with Gasteiger partial charge in [0.1, 0.15) is 6.10 Å². The number of aromatic nitrogens is 2. The zero-order valence-electron chi connectivity index (χ0n) is 21.9. The number of sulfonamides is 1. The van der Waals surface area contributed by atoms with Crippen LogP contribution in [-0.4, -0.2) is 65.3 Å². The van der Waals surface area contributed by atoms with Crippen molar-refractivity contribution in [2.75, 3.05) is 30.0 Å². The van der Waals surface area contributed by atoms with E-state index < -0.39 is 21.7 Å². The van der Waals surface area contributed by atoms with Gasteiger partial charge in [0, 0.05) is 42.0 Å². The fourth-order valence-electron chi connectivity index (χ4n) is 5.41. The van der Waals surface area contributed by atoms with Crippen LogP contribution in [0.25, 0.3) is 0 Å². The van der Waals surface area contributed by atoms with E-state index in [4.69, 9.17) is 4.74 Å². The lowest BCUT2D eigenvalue weighted by atomic mass is 9.79. The second-order valence-corrected chi connectivity index (χ2v) is 13.3. The minimum absolute atomic E-state index is 0.0154. The molecule has 9 nitrogen and oxygen atoms in total. The van der Waals surface area contributed by atoms with Gasteiger partial charge in [0.05, 0.1) is 12.5 Å². The van der Waals surface area contributed by atoms with Crippen LogP contribution in [-0.2, 0) is 10.0 Å². The number of ether oxygens (including phenoxy) is 1. The van der Waals surface area contributed by atoms with Crippen LogP contribution in [0.15, 0.2) is 24.4 Å². The number of hydrogen-bond acceptors (Lipinski definition) is 8. The van der Waals surface area contributed by atoms with Crippen molar-refractivity contribution in [1.82, 2.24) is 19.6 Å². The number of rotatable bonds is 7. The van der Waals surface area contributed by atoms with Gasteiger partial charge in [-0.1, -0.05) is 0 Å². The Kier molecular flexibility index (Phi) is 7.64. The lowest BCUT2D eigenvalue weighted by molar-refractivity contribution is 0.130. The molecule has 1 aromatic heterocycles. The van der Waals surface area contributed by atoms with Gasteiger partial charge in [0.2, 0.25) is 16.0 Å². The summed E-state index contributed by atoms with van der Waals surface area (Å²) in [7, 11) is -3.24. The molecule has 0 radical (unpaired) electrons. The van der Waals surface area contributed by atoms with Gasteiger partial charge in [-0.25, -0.2) is 26.5 Å². The first-order valence-corrected chi connectivity index (χ1v) is 14.3. The molecule has 2 saturated heterocycles. The van der Waals surface area contributed by atoms with Crippen molar-refractivity contribution in [3.8, 4) is 5.75 Å². The summed E-state index contributed by atoms with van der Waals surface area (Å²) in [5, 5.41) is 9.75. The molecule has 0 spiro atoms. The Bertz CT molecular complexity index is 1220. The van der Waals surface area contributed by atoms with Gasteiger partial charge in [0.15, 0.2) is 23.2 Å². The first-order valence-electron chi connectivity index (χ1n) is 12.5. The number of nitrogens with one attached hydrogen (secondary N) is 3. The minimum atomic E-state index is -3.24. The third-order valence-electron chi connectivity index (χ3n) is 6.63. The van der Waals surface area contributed by atoms with Crippen molar-refractivity contribution in [2.24, 2.45) is 0 Å². The molecule has 2 aromatic rings. The van der Waals surface area contributed by atoms with Crippen LogP contribution in [0, 0.1) is 11.6 Å². The molecule has 0 unspecified atom stereocenters. The van der Waals surface area contributed by atoms with E-state index in [1.54, 1.807) is 6.07 Å². The maximum Gasteiger partial charge on any atom is 0.229 e. The van der Waals surface area contributed by atoms with E-state index >= 15 is 0 Å². The average molecular weight is 539 g/mol. The monoisotopic (exact) mass is 538 g/mol. The van der Waals surface area contributed by atoms with Crippen molar-refractivity contribution in [3.63, 3.8) is 0 Å². The Hall–Kier alpha value is -2.57. The molecule has 4 rings (SSSR count). The lowest BCUT2D eigenvalue weighted by Crippen LogP contribution is -2.60. The molecule has 3 N–H and O–H groups in total. The molecule has 3 heterocycles. The standard InChI is InChI=1S/C25H36F2N6O3S/c1-24(2)13-17(14-25(3,4)32-24)29-22-20(27)15-28-23(31-22)30-16-6-7-21(19(26)12-16)36-18-8-10-33(11-9-18)37(5,34)35/h6-7,12,15,17-18,32H,8-11,13-14H2,1-5H3,(H2,28,29,30,31). The zero-order chi connectivity index (χ0) is 27.0. The molecule has 37 heavy (non-hydrogen) atoms. The average Bonchev–Trinajstić information content (AvgIpc) is 2.75. The Morgan fingerprint density at radius 2 is 1.73 bits per heavy atom. The van der Waals surface area contributed by atoms with Crippen LogP contribution in [0.3, 0.4) is 0 Å². The number of hydrogen-bond donors (Lipinski definition) is 3. The predicted molar refractivity (Wildman–Crippen MR) is 140 cm³/mol. The Morgan fingerprint density at radius 1 is 1.08 bits per heavy atom. The highest BCUT2D eigenvalue weighted by molar-refractivity contribution is 7.88. The van der Waals surface area contributed by atoms with Gasteiger partial charge in [-0.05, 0) is 65.5 Å². The maximum absolute atomic E-state index is 14.8. The molecule has 0 bridgehead atoms. The summed E-state index contributed by atoms with van der Waals surface area (Å²) in [6, 6.07) is 4.41. The van der Waals surface area contributed by atoms with E-state index in [0.717, 1.165) is 19.0 Å². The third-order valence-corrected chi connectivity index (χ3v) is 7.93. The van der Waals surface area contributed by atoms with Gasteiger partial charge >= 0.3 is 0 Å². The number of benzene rings is 1. The van der Waals surface area contributed by atoms with Gasteiger partial charge in [-0.15, -0.1) is 0 Å². The van der Waals surface area contributed by atoms with Crippen molar-refractivity contribution >= 4 is 27.5 Å². The van der Waals surface area contributed by atoms with E-state index in [2.05, 4.69) is 53.6 Å². The summed E-state index contributed by atoms with van der Waals surface area (Å²) >= 11 is 0. The quantitative estimate of drug-likeness (QED) is 0.485. The highest BCUT2D eigenvalue weighted by Gasteiger charge is 2.38. The molecular formula is C25H36F2N6O3S. The normalized spacial score (nSPS) is 20.9. The Labute approximate surface area is 217 Å². The van der Waals surface area contributed by atoms with Crippen LogP contribution in [0.4, 0.5) is 26.2 Å². The number of anilines is 3. The van der Waals surface area contributed by atoms with Crippen LogP contribution in [0.5, 0.6) is 5.75 Å². The molecular weight excluding hydrogens is 502 g/mol. The molecule has 0 atom stereocenters. The van der Waals surface area contributed by atoms with Crippen LogP contribution in [0.2, 0.25) is 0 Å². The van der Waals surface area contributed by atoms with Crippen molar-refractivity contribution in [3.05, 3.63) is 36.0 Å².